The number of nitrogens with one attached hydrogen (secondary N) is 1. The number of imide groups is 1. The molecule has 1 aromatic rings. The van der Waals surface area contributed by atoms with Crippen molar-refractivity contribution in [1.29, 1.82) is 0 Å². The van der Waals surface area contributed by atoms with Crippen LogP contribution in [0.15, 0.2) is 18.2 Å². The van der Waals surface area contributed by atoms with Crippen LogP contribution in [0.2, 0.25) is 0 Å². The van der Waals surface area contributed by atoms with Gasteiger partial charge in [-0.3, -0.25) is 19.9 Å². The van der Waals surface area contributed by atoms with Gasteiger partial charge < -0.3 is 19.3 Å². The van der Waals surface area contributed by atoms with Crippen molar-refractivity contribution in [2.24, 2.45) is 0 Å². The molecule has 158 valence electrons. The Bertz CT molecular complexity index is 803. The van der Waals surface area contributed by atoms with E-state index in [1.165, 1.54) is 4.90 Å². The smallest absolute Gasteiger partial charge is 0.327 e. The van der Waals surface area contributed by atoms with Crippen molar-refractivity contribution >= 4 is 17.6 Å². The number of nitrogens with zero attached hydrogens (tertiary/aromatic N) is 4. The van der Waals surface area contributed by atoms with Gasteiger partial charge in [0.25, 0.3) is 5.91 Å². The predicted molar refractivity (Wildman–Crippen MR) is 108 cm³/mol. The van der Waals surface area contributed by atoms with E-state index in [1.54, 1.807) is 26.2 Å². The number of likely N-dealkylation sites (N-methyl/N-ethyl adjacent to an activating group) is 1. The average molecular weight is 403 g/mol. The number of amides is 3. The third-order valence-corrected chi connectivity index (χ3v) is 6.01. The van der Waals surface area contributed by atoms with Gasteiger partial charge in [0.2, 0.25) is 0 Å². The molecule has 0 spiro atoms. The third kappa shape index (κ3) is 3.08. The summed E-state index contributed by atoms with van der Waals surface area (Å²) < 4.78 is 11.0. The molecule has 0 saturated carbocycles. The highest BCUT2D eigenvalue weighted by atomic mass is 16.5. The van der Waals surface area contributed by atoms with Gasteiger partial charge in [-0.05, 0) is 25.0 Å². The largest absolute Gasteiger partial charge is 0.497 e. The number of rotatable bonds is 5. The predicted octanol–water partition coefficient (Wildman–Crippen LogP) is 1.10. The molecule has 4 rings (SSSR count). The van der Waals surface area contributed by atoms with Crippen molar-refractivity contribution in [3.05, 3.63) is 18.2 Å². The molecule has 0 bridgehead atoms. The molecule has 3 amide bonds. The van der Waals surface area contributed by atoms with E-state index in [9.17, 15) is 9.59 Å². The lowest BCUT2D eigenvalue weighted by atomic mass is 10.1. The minimum atomic E-state index is -0.395. The molecule has 29 heavy (non-hydrogen) atoms. The molecule has 0 aromatic heterocycles. The van der Waals surface area contributed by atoms with Gasteiger partial charge in [-0.15, -0.1) is 0 Å². The topological polar surface area (TPSA) is 77.6 Å². The Labute approximate surface area is 171 Å². The van der Waals surface area contributed by atoms with Crippen LogP contribution < -0.4 is 19.7 Å². The zero-order valence-corrected chi connectivity index (χ0v) is 17.4. The van der Waals surface area contributed by atoms with E-state index < -0.39 is 6.04 Å². The van der Waals surface area contributed by atoms with Crippen LogP contribution >= 0.6 is 0 Å². The normalized spacial score (nSPS) is 27.2. The lowest BCUT2D eigenvalue weighted by molar-refractivity contribution is -0.138. The van der Waals surface area contributed by atoms with Gasteiger partial charge in [0.05, 0.1) is 19.9 Å². The maximum absolute atomic E-state index is 13.2. The van der Waals surface area contributed by atoms with Gasteiger partial charge in [0, 0.05) is 32.7 Å². The maximum Gasteiger partial charge on any atom is 0.327 e. The van der Waals surface area contributed by atoms with Crippen molar-refractivity contribution in [2.45, 2.75) is 38.3 Å². The number of hydrogen-bond acceptors (Lipinski definition) is 7. The number of hydrogen-bond donors (Lipinski definition) is 1. The van der Waals surface area contributed by atoms with E-state index in [1.807, 2.05) is 25.1 Å². The molecule has 0 radical (unpaired) electrons. The minimum absolute atomic E-state index is 0.116. The zero-order valence-electron chi connectivity index (χ0n) is 17.4. The summed E-state index contributed by atoms with van der Waals surface area (Å²) in [7, 11) is 5.04. The number of anilines is 1. The minimum Gasteiger partial charge on any atom is -0.497 e. The first kappa shape index (κ1) is 19.8. The van der Waals surface area contributed by atoms with Gasteiger partial charge in [-0.2, -0.15) is 0 Å². The summed E-state index contributed by atoms with van der Waals surface area (Å²) >= 11 is 0. The van der Waals surface area contributed by atoms with E-state index in [4.69, 9.17) is 9.47 Å². The molecule has 0 aliphatic carbocycles. The molecule has 3 aliphatic heterocycles. The number of carbonyl (C=O) groups is 2. The third-order valence-electron chi connectivity index (χ3n) is 6.01. The number of carbonyl (C=O) groups excluding carboxylic acids is 2. The second-order valence-corrected chi connectivity index (χ2v) is 7.64. The van der Waals surface area contributed by atoms with E-state index in [0.29, 0.717) is 6.54 Å². The fraction of sp³-hybridized carbons (Fsp3) is 0.600. The Balaban J connectivity index is 1.69. The Hall–Kier alpha value is -2.52. The molecule has 3 fully saturated rings. The van der Waals surface area contributed by atoms with Crippen LogP contribution in [0.5, 0.6) is 11.5 Å². The van der Waals surface area contributed by atoms with Crippen molar-refractivity contribution in [2.75, 3.05) is 45.8 Å². The van der Waals surface area contributed by atoms with Gasteiger partial charge in [0.1, 0.15) is 30.0 Å². The van der Waals surface area contributed by atoms with Crippen LogP contribution in [-0.4, -0.2) is 86.0 Å². The number of methoxy groups -OCH3 is 2. The summed E-state index contributed by atoms with van der Waals surface area (Å²) in [5.74, 6) is 1.37. The van der Waals surface area contributed by atoms with Crippen molar-refractivity contribution in [3.63, 3.8) is 0 Å². The first-order valence-corrected chi connectivity index (χ1v) is 10.1. The Morgan fingerprint density at radius 2 is 1.97 bits per heavy atom. The van der Waals surface area contributed by atoms with Crippen LogP contribution in [0.3, 0.4) is 0 Å². The van der Waals surface area contributed by atoms with E-state index in [2.05, 4.69) is 15.1 Å². The van der Waals surface area contributed by atoms with Crippen LogP contribution in [0.25, 0.3) is 0 Å². The molecule has 1 N–H and O–H groups in total. The first-order chi connectivity index (χ1) is 14.0. The summed E-state index contributed by atoms with van der Waals surface area (Å²) in [5.41, 5.74) is 0.902. The highest BCUT2D eigenvalue weighted by Crippen LogP contribution is 2.38. The van der Waals surface area contributed by atoms with Crippen molar-refractivity contribution < 1.29 is 19.1 Å². The molecular weight excluding hydrogens is 374 g/mol. The highest BCUT2D eigenvalue weighted by molar-refractivity contribution is 6.00. The monoisotopic (exact) mass is 403 g/mol. The van der Waals surface area contributed by atoms with Gasteiger partial charge >= 0.3 is 6.03 Å². The summed E-state index contributed by atoms with van der Waals surface area (Å²) in [6.07, 6.45) is 1.08. The molecule has 3 unspecified atom stereocenters. The lowest BCUT2D eigenvalue weighted by Crippen LogP contribution is -2.66. The summed E-state index contributed by atoms with van der Waals surface area (Å²) in [6, 6.07) is 5.07. The van der Waals surface area contributed by atoms with Gasteiger partial charge in [-0.25, -0.2) is 4.79 Å². The zero-order chi connectivity index (χ0) is 20.7. The SMILES string of the molecule is CCCN1C(=O)C2C(NC3N(c4cc(OC)ccc4OC)CCCN23)N(C)C1=O. The molecule has 1 aromatic carbocycles. The summed E-state index contributed by atoms with van der Waals surface area (Å²) in [4.78, 5) is 33.3. The Kier molecular flexibility index (Phi) is 5.26. The fourth-order valence-corrected chi connectivity index (χ4v) is 4.62. The average Bonchev–Trinajstić information content (AvgIpc) is 3.14. The molecular formula is C20H29N5O4. The quantitative estimate of drug-likeness (QED) is 0.789. The summed E-state index contributed by atoms with van der Waals surface area (Å²) in [5, 5.41) is 3.52. The van der Waals surface area contributed by atoms with Crippen LogP contribution in [0.1, 0.15) is 19.8 Å². The maximum atomic E-state index is 13.2. The number of benzene rings is 1. The molecule has 3 atom stereocenters. The standard InChI is InChI=1S/C20H29N5O4/c1-5-9-25-18(26)16-17(22(2)20(25)27)21-19-23(10-6-11-24(16)19)14-12-13(28-3)7-8-15(14)29-4/h7-8,12,16-17,19,21H,5-6,9-11H2,1-4H3. The van der Waals surface area contributed by atoms with E-state index in [0.717, 1.165) is 43.1 Å². The van der Waals surface area contributed by atoms with Crippen LogP contribution in [0, 0.1) is 0 Å². The number of urea groups is 1. The summed E-state index contributed by atoms with van der Waals surface area (Å²) in [6.45, 7) is 4.01. The second kappa shape index (κ2) is 7.72. The molecule has 9 nitrogen and oxygen atoms in total. The van der Waals surface area contributed by atoms with Gasteiger partial charge in [-0.1, -0.05) is 6.92 Å². The lowest BCUT2D eigenvalue weighted by Gasteiger charge is -2.44. The Morgan fingerprint density at radius 1 is 1.17 bits per heavy atom. The Morgan fingerprint density at radius 3 is 2.66 bits per heavy atom. The number of ether oxygens (including phenoxy) is 2. The van der Waals surface area contributed by atoms with Crippen LogP contribution in [-0.2, 0) is 4.79 Å². The van der Waals surface area contributed by atoms with Crippen LogP contribution in [0.4, 0.5) is 10.5 Å². The van der Waals surface area contributed by atoms with E-state index in [-0.39, 0.29) is 24.4 Å². The van der Waals surface area contributed by atoms with Crippen molar-refractivity contribution in [3.8, 4) is 11.5 Å². The number of fused-ring (bicyclic) bond motifs is 3. The first-order valence-electron chi connectivity index (χ1n) is 10.1. The fourth-order valence-electron chi connectivity index (χ4n) is 4.62. The van der Waals surface area contributed by atoms with Gasteiger partial charge in [0.15, 0.2) is 0 Å². The molecule has 9 heteroatoms. The van der Waals surface area contributed by atoms with Crippen molar-refractivity contribution in [1.82, 2.24) is 20.0 Å². The molecule has 3 aliphatic rings. The second-order valence-electron chi connectivity index (χ2n) is 7.64. The van der Waals surface area contributed by atoms with E-state index >= 15 is 0 Å². The highest BCUT2D eigenvalue weighted by Gasteiger charge is 2.56. The molecule has 3 saturated heterocycles. The molecule has 3 heterocycles.